The average Bonchev–Trinajstić information content (AvgIpc) is 2.18. The molecule has 0 bridgehead atoms. The molecule has 2 aromatic heterocycles. The predicted molar refractivity (Wildman–Crippen MR) is 55.3 cm³/mol. The van der Waals surface area contributed by atoms with E-state index in [1.54, 1.807) is 24.5 Å². The van der Waals surface area contributed by atoms with Gasteiger partial charge in [0.15, 0.2) is 0 Å². The molecule has 2 aromatic rings. The van der Waals surface area contributed by atoms with E-state index in [9.17, 15) is 0 Å². The minimum absolute atomic E-state index is 0.197. The van der Waals surface area contributed by atoms with E-state index in [0.717, 1.165) is 5.56 Å². The third-order valence-electron chi connectivity index (χ3n) is 1.66. The lowest BCUT2D eigenvalue weighted by molar-refractivity contribution is 1.17. The van der Waals surface area contributed by atoms with E-state index in [1.807, 2.05) is 6.07 Å². The van der Waals surface area contributed by atoms with Crippen LogP contribution in [0.2, 0.25) is 10.4 Å². The van der Waals surface area contributed by atoms with Gasteiger partial charge in [-0.25, -0.2) is 15.0 Å². The highest BCUT2D eigenvalue weighted by molar-refractivity contribution is 6.32. The molecule has 0 saturated heterocycles. The lowest BCUT2D eigenvalue weighted by atomic mass is 10.2. The minimum atomic E-state index is 0.197. The van der Waals surface area contributed by atoms with Crippen molar-refractivity contribution in [3.8, 4) is 11.3 Å². The van der Waals surface area contributed by atoms with Crippen molar-refractivity contribution >= 4 is 23.2 Å². The van der Waals surface area contributed by atoms with Crippen molar-refractivity contribution in [1.29, 1.82) is 0 Å². The van der Waals surface area contributed by atoms with Crippen molar-refractivity contribution in [3.63, 3.8) is 0 Å². The summed E-state index contributed by atoms with van der Waals surface area (Å²) >= 11 is 11.6. The molecule has 0 unspecified atom stereocenters. The number of halogens is 2. The summed E-state index contributed by atoms with van der Waals surface area (Å²) in [5, 5.41) is 0.602. The molecule has 3 nitrogen and oxygen atoms in total. The molecule has 0 radical (unpaired) electrons. The van der Waals surface area contributed by atoms with E-state index in [4.69, 9.17) is 23.2 Å². The molecule has 14 heavy (non-hydrogen) atoms. The molecule has 0 aliphatic rings. The largest absolute Gasteiger partial charge is 0.244 e. The second kappa shape index (κ2) is 3.90. The summed E-state index contributed by atoms with van der Waals surface area (Å²) in [6, 6.07) is 5.35. The first-order valence-corrected chi connectivity index (χ1v) is 4.62. The van der Waals surface area contributed by atoms with Crippen molar-refractivity contribution in [2.75, 3.05) is 0 Å². The Morgan fingerprint density at radius 2 is 1.86 bits per heavy atom. The number of hydrogen-bond donors (Lipinski definition) is 0. The van der Waals surface area contributed by atoms with Gasteiger partial charge in [0.2, 0.25) is 5.28 Å². The van der Waals surface area contributed by atoms with Crippen LogP contribution >= 0.6 is 23.2 Å². The Morgan fingerprint density at radius 3 is 2.57 bits per heavy atom. The zero-order chi connectivity index (χ0) is 9.97. The first kappa shape index (κ1) is 9.37. The highest BCUT2D eigenvalue weighted by Gasteiger charge is 2.05. The maximum Gasteiger partial charge on any atom is 0.222 e. The van der Waals surface area contributed by atoms with Gasteiger partial charge < -0.3 is 0 Å². The average molecular weight is 226 g/mol. The van der Waals surface area contributed by atoms with Crippen LogP contribution in [0.1, 0.15) is 0 Å². The molecule has 2 heterocycles. The summed E-state index contributed by atoms with van der Waals surface area (Å²) in [4.78, 5) is 11.8. The van der Waals surface area contributed by atoms with Gasteiger partial charge in [0.1, 0.15) is 5.15 Å². The van der Waals surface area contributed by atoms with E-state index in [-0.39, 0.29) is 5.28 Å². The van der Waals surface area contributed by atoms with Gasteiger partial charge in [-0.05, 0) is 29.8 Å². The molecule has 0 fully saturated rings. The van der Waals surface area contributed by atoms with Gasteiger partial charge in [0.25, 0.3) is 0 Å². The second-order valence-electron chi connectivity index (χ2n) is 2.55. The van der Waals surface area contributed by atoms with Crippen molar-refractivity contribution < 1.29 is 0 Å². The Labute approximate surface area is 90.8 Å². The summed E-state index contributed by atoms with van der Waals surface area (Å²) in [6.07, 6.45) is 3.20. The second-order valence-corrected chi connectivity index (χ2v) is 3.25. The Kier molecular flexibility index (Phi) is 2.61. The minimum Gasteiger partial charge on any atom is -0.244 e. The van der Waals surface area contributed by atoms with Gasteiger partial charge in [-0.1, -0.05) is 11.6 Å². The lowest BCUT2D eigenvalue weighted by Crippen LogP contribution is -1.88. The quantitative estimate of drug-likeness (QED) is 0.554. The van der Waals surface area contributed by atoms with E-state index in [2.05, 4.69) is 15.0 Å². The monoisotopic (exact) mass is 225 g/mol. The van der Waals surface area contributed by atoms with Crippen LogP contribution in [0.5, 0.6) is 0 Å². The van der Waals surface area contributed by atoms with Crippen LogP contribution in [-0.2, 0) is 0 Å². The Morgan fingerprint density at radius 1 is 1.00 bits per heavy atom. The first-order valence-electron chi connectivity index (χ1n) is 3.87. The van der Waals surface area contributed by atoms with Gasteiger partial charge in [0.05, 0.1) is 5.69 Å². The molecular weight excluding hydrogens is 221 g/mol. The molecule has 0 aliphatic heterocycles. The van der Waals surface area contributed by atoms with Crippen LogP contribution in [0.3, 0.4) is 0 Å². The predicted octanol–water partition coefficient (Wildman–Crippen LogP) is 2.85. The van der Waals surface area contributed by atoms with Crippen molar-refractivity contribution in [3.05, 3.63) is 41.0 Å². The van der Waals surface area contributed by atoms with E-state index in [0.29, 0.717) is 10.8 Å². The van der Waals surface area contributed by atoms with Gasteiger partial charge in [-0.2, -0.15) is 0 Å². The molecule has 0 amide bonds. The molecule has 70 valence electrons. The molecule has 5 heteroatoms. The van der Waals surface area contributed by atoms with Gasteiger partial charge in [-0.3, -0.25) is 0 Å². The van der Waals surface area contributed by atoms with E-state index < -0.39 is 0 Å². The Balaban J connectivity index is 2.55. The van der Waals surface area contributed by atoms with Crippen LogP contribution in [-0.4, -0.2) is 15.0 Å². The third-order valence-corrected chi connectivity index (χ3v) is 2.14. The molecule has 0 atom stereocenters. The van der Waals surface area contributed by atoms with Crippen molar-refractivity contribution in [2.45, 2.75) is 0 Å². The van der Waals surface area contributed by atoms with Crippen LogP contribution < -0.4 is 0 Å². The van der Waals surface area contributed by atoms with Gasteiger partial charge >= 0.3 is 0 Å². The summed E-state index contributed by atoms with van der Waals surface area (Å²) in [6.45, 7) is 0. The molecule has 0 saturated carbocycles. The number of hydrogen-bond acceptors (Lipinski definition) is 3. The molecule has 0 aromatic carbocycles. The fourth-order valence-electron chi connectivity index (χ4n) is 1.06. The van der Waals surface area contributed by atoms with Gasteiger partial charge in [0, 0.05) is 18.0 Å². The number of nitrogens with zero attached hydrogens (tertiary/aromatic N) is 3. The first-order chi connectivity index (χ1) is 6.77. The Bertz CT molecular complexity index is 459. The molecule has 2 rings (SSSR count). The summed E-state index contributed by atoms with van der Waals surface area (Å²) in [5.74, 6) is 0. The maximum atomic E-state index is 5.90. The van der Waals surface area contributed by atoms with Crippen LogP contribution in [0, 0.1) is 0 Å². The van der Waals surface area contributed by atoms with E-state index >= 15 is 0 Å². The van der Waals surface area contributed by atoms with Crippen LogP contribution in [0.4, 0.5) is 0 Å². The third kappa shape index (κ3) is 1.84. The highest BCUT2D eigenvalue weighted by atomic mass is 35.5. The van der Waals surface area contributed by atoms with Gasteiger partial charge in [-0.15, -0.1) is 0 Å². The topological polar surface area (TPSA) is 38.7 Å². The zero-order valence-electron chi connectivity index (χ0n) is 6.98. The molecule has 0 spiro atoms. The van der Waals surface area contributed by atoms with Crippen molar-refractivity contribution in [1.82, 2.24) is 15.0 Å². The number of rotatable bonds is 1. The smallest absolute Gasteiger partial charge is 0.222 e. The fraction of sp³-hybridized carbons (Fsp3) is 0. The summed E-state index contributed by atoms with van der Waals surface area (Å²) < 4.78 is 0. The molecule has 0 aliphatic carbocycles. The zero-order valence-corrected chi connectivity index (χ0v) is 8.50. The Hall–Kier alpha value is -1.19. The lowest BCUT2D eigenvalue weighted by Gasteiger charge is -2.01. The number of pyridine rings is 1. The SMILES string of the molecule is Clc1nccc(-c2cccnc2Cl)n1. The number of aromatic nitrogens is 3. The highest BCUT2D eigenvalue weighted by Crippen LogP contribution is 2.23. The standard InChI is InChI=1S/C9H5Cl2N3/c10-8-6(2-1-4-12-8)7-3-5-13-9(11)14-7/h1-5H. The molecular formula is C9H5Cl2N3. The maximum absolute atomic E-state index is 5.90. The normalized spacial score (nSPS) is 10.1. The van der Waals surface area contributed by atoms with E-state index in [1.165, 1.54) is 0 Å². The fourth-order valence-corrected chi connectivity index (χ4v) is 1.43. The molecule has 0 N–H and O–H groups in total. The van der Waals surface area contributed by atoms with Crippen molar-refractivity contribution in [2.24, 2.45) is 0 Å². The van der Waals surface area contributed by atoms with Crippen LogP contribution in [0.15, 0.2) is 30.6 Å². The van der Waals surface area contributed by atoms with Crippen LogP contribution in [0.25, 0.3) is 11.3 Å². The summed E-state index contributed by atoms with van der Waals surface area (Å²) in [7, 11) is 0. The summed E-state index contributed by atoms with van der Waals surface area (Å²) in [5.41, 5.74) is 1.42.